The van der Waals surface area contributed by atoms with E-state index in [9.17, 15) is 0 Å². The van der Waals surface area contributed by atoms with Crippen LogP contribution in [0.2, 0.25) is 0 Å². The summed E-state index contributed by atoms with van der Waals surface area (Å²) in [5.74, 6) is 0.788. The highest BCUT2D eigenvalue weighted by Gasteiger charge is 2.52. The first-order valence-corrected chi connectivity index (χ1v) is 9.94. The van der Waals surface area contributed by atoms with Gasteiger partial charge in [-0.2, -0.15) is 5.10 Å². The summed E-state index contributed by atoms with van der Waals surface area (Å²) in [5.41, 5.74) is 1.14. The maximum absolute atomic E-state index is 6.26. The van der Waals surface area contributed by atoms with Gasteiger partial charge in [0.15, 0.2) is 6.23 Å². The van der Waals surface area contributed by atoms with Gasteiger partial charge in [-0.1, -0.05) is 6.07 Å². The lowest BCUT2D eigenvalue weighted by molar-refractivity contribution is -0.0366. The Balaban J connectivity index is 1.75. The highest BCUT2D eigenvalue weighted by molar-refractivity contribution is 6.63. The van der Waals surface area contributed by atoms with Crippen LogP contribution in [0.4, 0.5) is 0 Å². The van der Waals surface area contributed by atoms with E-state index in [0.717, 1.165) is 48.0 Å². The topological polar surface area (TPSA) is 54.7 Å². The van der Waals surface area contributed by atoms with Gasteiger partial charge in [0.2, 0.25) is 0 Å². The lowest BCUT2D eigenvalue weighted by Crippen LogP contribution is -2.41. The van der Waals surface area contributed by atoms with Gasteiger partial charge in [-0.15, -0.1) is 0 Å². The van der Waals surface area contributed by atoms with Crippen molar-refractivity contribution in [1.82, 2.24) is 9.78 Å². The molecule has 0 bridgehead atoms. The molecule has 7 heteroatoms. The zero-order chi connectivity index (χ0) is 19.2. The molecule has 1 aromatic carbocycles. The van der Waals surface area contributed by atoms with Crippen LogP contribution in [0.25, 0.3) is 10.9 Å². The van der Waals surface area contributed by atoms with Crippen molar-refractivity contribution in [1.29, 1.82) is 0 Å². The molecule has 4 rings (SSSR count). The van der Waals surface area contributed by atoms with Gasteiger partial charge in [-0.3, -0.25) is 0 Å². The zero-order valence-corrected chi connectivity index (χ0v) is 16.9. The molecular formula is C20H29BN2O4. The highest BCUT2D eigenvalue weighted by atomic mass is 16.7. The number of nitrogens with zero attached hydrogens (tertiary/aromatic N) is 2. The summed E-state index contributed by atoms with van der Waals surface area (Å²) >= 11 is 0. The fourth-order valence-electron chi connectivity index (χ4n) is 3.72. The van der Waals surface area contributed by atoms with Crippen molar-refractivity contribution >= 4 is 23.5 Å². The summed E-state index contributed by atoms with van der Waals surface area (Å²) in [5, 5.41) is 5.59. The largest absolute Gasteiger partial charge is 0.498 e. The van der Waals surface area contributed by atoms with Crippen molar-refractivity contribution < 1.29 is 18.8 Å². The number of rotatable bonds is 4. The fraction of sp³-hybridized carbons (Fsp3) is 0.650. The van der Waals surface area contributed by atoms with Crippen LogP contribution in [0.5, 0.6) is 5.75 Å². The first-order valence-electron chi connectivity index (χ1n) is 9.94. The van der Waals surface area contributed by atoms with Crippen molar-refractivity contribution in [3.63, 3.8) is 0 Å². The SMILES string of the molecule is CCOc1c(B2OC(C)(C)C(C)(C)O2)ccc2c1cnn2[C@H]1CCCCO1. The van der Waals surface area contributed by atoms with Crippen LogP contribution in [0.15, 0.2) is 18.3 Å². The first kappa shape index (κ1) is 18.8. The van der Waals surface area contributed by atoms with E-state index in [0.29, 0.717) is 6.61 Å². The minimum absolute atomic E-state index is 0.00609. The van der Waals surface area contributed by atoms with Crippen LogP contribution in [0.3, 0.4) is 0 Å². The van der Waals surface area contributed by atoms with E-state index in [1.807, 2.05) is 23.9 Å². The normalized spacial score (nSPS) is 24.5. The van der Waals surface area contributed by atoms with Crippen molar-refractivity contribution in [2.45, 2.75) is 71.3 Å². The number of hydrogen-bond acceptors (Lipinski definition) is 5. The Hall–Kier alpha value is -1.57. The molecule has 0 aliphatic carbocycles. The van der Waals surface area contributed by atoms with E-state index in [-0.39, 0.29) is 6.23 Å². The van der Waals surface area contributed by atoms with Gasteiger partial charge in [0.05, 0.1) is 34.9 Å². The van der Waals surface area contributed by atoms with Gasteiger partial charge in [0.1, 0.15) is 5.75 Å². The van der Waals surface area contributed by atoms with Gasteiger partial charge in [-0.25, -0.2) is 4.68 Å². The Labute approximate surface area is 161 Å². The minimum atomic E-state index is -0.463. The smallest absolute Gasteiger partial charge is 0.493 e. The van der Waals surface area contributed by atoms with Gasteiger partial charge >= 0.3 is 7.12 Å². The summed E-state index contributed by atoms with van der Waals surface area (Å²) < 4.78 is 26.5. The second kappa shape index (κ2) is 6.80. The van der Waals surface area contributed by atoms with Crippen LogP contribution in [0.1, 0.15) is 60.1 Å². The molecule has 0 unspecified atom stereocenters. The lowest BCUT2D eigenvalue weighted by Gasteiger charge is -2.32. The maximum Gasteiger partial charge on any atom is 0.498 e. The van der Waals surface area contributed by atoms with Crippen molar-refractivity contribution in [2.24, 2.45) is 0 Å². The molecule has 2 fully saturated rings. The Morgan fingerprint density at radius 1 is 1.19 bits per heavy atom. The van der Waals surface area contributed by atoms with Gasteiger partial charge in [0, 0.05) is 12.1 Å². The summed E-state index contributed by atoms with van der Waals surface area (Å²) in [6.07, 6.45) is 5.13. The second-order valence-corrected chi connectivity index (χ2v) is 8.35. The standard InChI is InChI=1S/C20H29BN2O4/c1-6-24-18-14-13-22-23(17-9-7-8-12-25-17)16(14)11-10-15(18)21-26-19(2,3)20(4,5)27-21/h10-11,13,17H,6-9,12H2,1-5H3/t17-/m1/s1. The molecule has 0 N–H and O–H groups in total. The van der Waals surface area contributed by atoms with Crippen LogP contribution < -0.4 is 10.2 Å². The third kappa shape index (κ3) is 3.16. The molecule has 6 nitrogen and oxygen atoms in total. The van der Waals surface area contributed by atoms with Crippen LogP contribution in [-0.4, -0.2) is 41.3 Å². The molecule has 3 heterocycles. The number of fused-ring (bicyclic) bond motifs is 1. The molecule has 1 aromatic heterocycles. The average molecular weight is 372 g/mol. The highest BCUT2D eigenvalue weighted by Crippen LogP contribution is 2.38. The van der Waals surface area contributed by atoms with Crippen LogP contribution in [0, 0.1) is 0 Å². The van der Waals surface area contributed by atoms with E-state index < -0.39 is 18.3 Å². The van der Waals surface area contributed by atoms with E-state index >= 15 is 0 Å². The Bertz CT molecular complexity index is 811. The van der Waals surface area contributed by atoms with Crippen molar-refractivity contribution in [3.8, 4) is 5.75 Å². The number of benzene rings is 1. The van der Waals surface area contributed by atoms with E-state index in [2.05, 4.69) is 38.9 Å². The number of aromatic nitrogens is 2. The zero-order valence-electron chi connectivity index (χ0n) is 16.9. The third-order valence-corrected chi connectivity index (χ3v) is 5.99. The maximum atomic E-state index is 6.26. The van der Waals surface area contributed by atoms with E-state index in [1.54, 1.807) is 0 Å². The second-order valence-electron chi connectivity index (χ2n) is 8.35. The molecule has 1 atom stereocenters. The molecule has 27 heavy (non-hydrogen) atoms. The Morgan fingerprint density at radius 2 is 1.93 bits per heavy atom. The van der Waals surface area contributed by atoms with Crippen molar-refractivity contribution in [2.75, 3.05) is 13.2 Å². The average Bonchev–Trinajstić information content (AvgIpc) is 3.14. The summed E-state index contributed by atoms with van der Waals surface area (Å²) in [7, 11) is -0.463. The molecule has 146 valence electrons. The van der Waals surface area contributed by atoms with E-state index in [1.165, 1.54) is 0 Å². The minimum Gasteiger partial charge on any atom is -0.493 e. The fourth-order valence-corrected chi connectivity index (χ4v) is 3.72. The van der Waals surface area contributed by atoms with Crippen molar-refractivity contribution in [3.05, 3.63) is 18.3 Å². The molecule has 2 aliphatic heterocycles. The molecular weight excluding hydrogens is 343 g/mol. The molecule has 2 aliphatic rings. The first-order chi connectivity index (χ1) is 12.8. The van der Waals surface area contributed by atoms with Gasteiger partial charge in [0.25, 0.3) is 0 Å². The Kier molecular flexibility index (Phi) is 4.73. The molecule has 2 saturated heterocycles. The Morgan fingerprint density at radius 3 is 2.56 bits per heavy atom. The monoisotopic (exact) mass is 372 g/mol. The predicted octanol–water partition coefficient (Wildman–Crippen LogP) is 3.43. The van der Waals surface area contributed by atoms with Crippen LogP contribution >= 0.6 is 0 Å². The summed E-state index contributed by atoms with van der Waals surface area (Å²) in [6.45, 7) is 11.6. The van der Waals surface area contributed by atoms with Gasteiger partial charge in [-0.05, 0) is 59.9 Å². The van der Waals surface area contributed by atoms with Gasteiger partial charge < -0.3 is 18.8 Å². The summed E-state index contributed by atoms with van der Waals surface area (Å²) in [4.78, 5) is 0. The molecule has 0 saturated carbocycles. The van der Waals surface area contributed by atoms with E-state index in [4.69, 9.17) is 18.8 Å². The molecule has 0 spiro atoms. The number of hydrogen-bond donors (Lipinski definition) is 0. The number of ether oxygens (including phenoxy) is 2. The predicted molar refractivity (Wildman–Crippen MR) is 105 cm³/mol. The third-order valence-electron chi connectivity index (χ3n) is 5.99. The molecule has 0 amide bonds. The van der Waals surface area contributed by atoms with Crippen LogP contribution in [-0.2, 0) is 14.0 Å². The quantitative estimate of drug-likeness (QED) is 0.770. The molecule has 2 aromatic rings. The molecule has 0 radical (unpaired) electrons. The lowest BCUT2D eigenvalue weighted by atomic mass is 9.77. The summed E-state index contributed by atoms with van der Waals surface area (Å²) in [6, 6.07) is 4.11.